The molecule has 1 fully saturated rings. The summed E-state index contributed by atoms with van der Waals surface area (Å²) < 4.78 is 0. The van der Waals surface area contributed by atoms with Gasteiger partial charge in [0.25, 0.3) is 0 Å². The third-order valence-electron chi connectivity index (χ3n) is 4.92. The molecule has 0 saturated carbocycles. The highest BCUT2D eigenvalue weighted by Crippen LogP contribution is 2.45. The largest absolute Gasteiger partial charge is 0.387 e. The lowest BCUT2D eigenvalue weighted by Gasteiger charge is -2.28. The topological polar surface area (TPSA) is 41.5 Å². The first kappa shape index (κ1) is 12.6. The van der Waals surface area contributed by atoms with Gasteiger partial charge < -0.3 is 5.32 Å². The van der Waals surface area contributed by atoms with Gasteiger partial charge in [0.05, 0.1) is 11.6 Å². The summed E-state index contributed by atoms with van der Waals surface area (Å²) in [5.41, 5.74) is 4.37. The van der Waals surface area contributed by atoms with E-state index in [1.807, 2.05) is 18.2 Å². The van der Waals surface area contributed by atoms with Crippen molar-refractivity contribution in [2.75, 3.05) is 6.54 Å². The standard InChI is InChI=1S/C18H18N2O/c1-18(2)12-6-3-4-7-13(12)20-17(18)11-10-19-14-8-5-9-15(21)16(11)14/h3-9,11,16,19H,10H2,1-2H3. The Bertz CT molecular complexity index is 724. The Morgan fingerprint density at radius 2 is 2.10 bits per heavy atom. The predicted molar refractivity (Wildman–Crippen MR) is 83.8 cm³/mol. The number of aliphatic imine (C=N–C) groups is 1. The maximum absolute atomic E-state index is 12.3. The van der Waals surface area contributed by atoms with Crippen LogP contribution in [0.3, 0.4) is 0 Å². The fourth-order valence-electron chi connectivity index (χ4n) is 3.84. The SMILES string of the molecule is CC1(C)C(C2CNC3=CC=CC(=O)C32)=Nc2ccccc21. The van der Waals surface area contributed by atoms with Crippen molar-refractivity contribution >= 4 is 17.2 Å². The fraction of sp³-hybridized carbons (Fsp3) is 0.333. The molecule has 2 atom stereocenters. The second-order valence-corrected chi connectivity index (χ2v) is 6.49. The molecule has 1 aromatic rings. The van der Waals surface area contributed by atoms with E-state index >= 15 is 0 Å². The minimum atomic E-state index is -0.111. The van der Waals surface area contributed by atoms with Crippen LogP contribution in [-0.4, -0.2) is 18.0 Å². The van der Waals surface area contributed by atoms with Gasteiger partial charge in [-0.1, -0.05) is 38.1 Å². The van der Waals surface area contributed by atoms with Crippen LogP contribution in [0.2, 0.25) is 0 Å². The molecule has 0 spiro atoms. The summed E-state index contributed by atoms with van der Waals surface area (Å²) in [6.07, 6.45) is 5.53. The van der Waals surface area contributed by atoms with Crippen LogP contribution in [0.25, 0.3) is 0 Å². The molecule has 21 heavy (non-hydrogen) atoms. The molecule has 4 rings (SSSR count). The van der Waals surface area contributed by atoms with Crippen molar-refractivity contribution in [1.29, 1.82) is 0 Å². The maximum atomic E-state index is 12.3. The van der Waals surface area contributed by atoms with E-state index in [1.165, 1.54) is 5.56 Å². The minimum absolute atomic E-state index is 0.0812. The van der Waals surface area contributed by atoms with Gasteiger partial charge in [-0.05, 0) is 23.8 Å². The molecule has 3 heteroatoms. The van der Waals surface area contributed by atoms with Gasteiger partial charge >= 0.3 is 0 Å². The Labute approximate surface area is 124 Å². The fourth-order valence-corrected chi connectivity index (χ4v) is 3.84. The molecule has 0 amide bonds. The number of nitrogens with zero attached hydrogens (tertiary/aromatic N) is 1. The van der Waals surface area contributed by atoms with Gasteiger partial charge in [-0.25, -0.2) is 0 Å². The van der Waals surface area contributed by atoms with Crippen molar-refractivity contribution in [2.24, 2.45) is 16.8 Å². The molecular weight excluding hydrogens is 260 g/mol. The number of benzene rings is 1. The molecule has 106 valence electrons. The summed E-state index contributed by atoms with van der Waals surface area (Å²) in [7, 11) is 0. The Morgan fingerprint density at radius 3 is 2.90 bits per heavy atom. The van der Waals surface area contributed by atoms with Gasteiger partial charge in [0.1, 0.15) is 0 Å². The number of hydrogen-bond acceptors (Lipinski definition) is 3. The summed E-state index contributed by atoms with van der Waals surface area (Å²) in [4.78, 5) is 17.2. The van der Waals surface area contributed by atoms with Crippen LogP contribution in [0.4, 0.5) is 5.69 Å². The average Bonchev–Trinajstić information content (AvgIpc) is 3.00. The zero-order valence-electron chi connectivity index (χ0n) is 12.3. The highest BCUT2D eigenvalue weighted by atomic mass is 16.1. The lowest BCUT2D eigenvalue weighted by molar-refractivity contribution is -0.117. The highest BCUT2D eigenvalue weighted by molar-refractivity contribution is 6.07. The molecule has 1 N–H and O–H groups in total. The zero-order chi connectivity index (χ0) is 14.6. The Kier molecular flexibility index (Phi) is 2.49. The summed E-state index contributed by atoms with van der Waals surface area (Å²) >= 11 is 0. The molecule has 0 radical (unpaired) electrons. The van der Waals surface area contributed by atoms with Crippen molar-refractivity contribution in [3.63, 3.8) is 0 Å². The van der Waals surface area contributed by atoms with Crippen LogP contribution in [0.5, 0.6) is 0 Å². The van der Waals surface area contributed by atoms with Gasteiger partial charge in [-0.3, -0.25) is 9.79 Å². The molecule has 0 aromatic heterocycles. The van der Waals surface area contributed by atoms with E-state index in [1.54, 1.807) is 6.08 Å². The second kappa shape index (κ2) is 4.17. The van der Waals surface area contributed by atoms with E-state index < -0.39 is 0 Å². The molecular formula is C18H18N2O. The number of fused-ring (bicyclic) bond motifs is 2. The first-order chi connectivity index (χ1) is 10.1. The molecule has 2 unspecified atom stereocenters. The van der Waals surface area contributed by atoms with Gasteiger partial charge in [0.2, 0.25) is 0 Å². The smallest absolute Gasteiger partial charge is 0.165 e. The number of ketones is 1. The molecule has 2 heterocycles. The van der Waals surface area contributed by atoms with Crippen molar-refractivity contribution in [1.82, 2.24) is 5.32 Å². The van der Waals surface area contributed by atoms with Gasteiger partial charge in [-0.2, -0.15) is 0 Å². The van der Waals surface area contributed by atoms with Gasteiger partial charge in [0.15, 0.2) is 5.78 Å². The molecule has 3 aliphatic rings. The number of hydrogen-bond donors (Lipinski definition) is 1. The van der Waals surface area contributed by atoms with Gasteiger partial charge in [0, 0.05) is 29.3 Å². The predicted octanol–water partition coefficient (Wildman–Crippen LogP) is 2.91. The summed E-state index contributed by atoms with van der Waals surface area (Å²) in [5, 5.41) is 3.39. The highest BCUT2D eigenvalue weighted by Gasteiger charge is 2.47. The molecule has 1 aromatic carbocycles. The summed E-state index contributed by atoms with van der Waals surface area (Å²) in [6.45, 7) is 5.21. The van der Waals surface area contributed by atoms with Crippen LogP contribution in [-0.2, 0) is 10.2 Å². The molecule has 3 nitrogen and oxygen atoms in total. The quantitative estimate of drug-likeness (QED) is 0.858. The molecule has 1 saturated heterocycles. The van der Waals surface area contributed by atoms with Crippen molar-refractivity contribution in [2.45, 2.75) is 19.3 Å². The van der Waals surface area contributed by atoms with Crippen LogP contribution in [0, 0.1) is 11.8 Å². The Balaban J connectivity index is 1.78. The van der Waals surface area contributed by atoms with Crippen molar-refractivity contribution in [3.05, 3.63) is 53.8 Å². The average molecular weight is 278 g/mol. The number of carbonyl (C=O) groups is 1. The van der Waals surface area contributed by atoms with Crippen molar-refractivity contribution < 1.29 is 4.79 Å². The number of carbonyl (C=O) groups excluding carboxylic acids is 1. The maximum Gasteiger partial charge on any atom is 0.165 e. The monoisotopic (exact) mass is 278 g/mol. The third-order valence-corrected chi connectivity index (χ3v) is 4.92. The van der Waals surface area contributed by atoms with Gasteiger partial charge in [-0.15, -0.1) is 0 Å². The molecule has 2 aliphatic heterocycles. The first-order valence-corrected chi connectivity index (χ1v) is 7.43. The third kappa shape index (κ3) is 1.67. The van der Waals surface area contributed by atoms with Crippen LogP contribution in [0.15, 0.2) is 53.2 Å². The zero-order valence-corrected chi connectivity index (χ0v) is 12.3. The number of allylic oxidation sites excluding steroid dienone is 4. The Morgan fingerprint density at radius 1 is 1.29 bits per heavy atom. The van der Waals surface area contributed by atoms with Crippen LogP contribution >= 0.6 is 0 Å². The van der Waals surface area contributed by atoms with E-state index in [2.05, 4.69) is 37.4 Å². The lowest BCUT2D eigenvalue weighted by atomic mass is 9.72. The van der Waals surface area contributed by atoms with E-state index in [0.29, 0.717) is 0 Å². The van der Waals surface area contributed by atoms with E-state index in [4.69, 9.17) is 4.99 Å². The van der Waals surface area contributed by atoms with E-state index in [0.717, 1.165) is 23.6 Å². The number of para-hydroxylation sites is 1. The van der Waals surface area contributed by atoms with Crippen molar-refractivity contribution in [3.8, 4) is 0 Å². The first-order valence-electron chi connectivity index (χ1n) is 7.43. The van der Waals surface area contributed by atoms with Crippen LogP contribution < -0.4 is 5.32 Å². The lowest BCUT2D eigenvalue weighted by Crippen LogP contribution is -2.37. The number of rotatable bonds is 1. The van der Waals surface area contributed by atoms with Crippen LogP contribution in [0.1, 0.15) is 19.4 Å². The minimum Gasteiger partial charge on any atom is -0.387 e. The molecule has 0 bridgehead atoms. The second-order valence-electron chi connectivity index (χ2n) is 6.49. The normalized spacial score (nSPS) is 28.6. The number of nitrogens with one attached hydrogen (secondary N) is 1. The van der Waals surface area contributed by atoms with E-state index in [-0.39, 0.29) is 23.0 Å². The summed E-state index contributed by atoms with van der Waals surface area (Å²) in [5.74, 6) is 0.260. The summed E-state index contributed by atoms with van der Waals surface area (Å²) in [6, 6.07) is 8.29. The Hall–Kier alpha value is -2.16. The molecule has 1 aliphatic carbocycles. The van der Waals surface area contributed by atoms with E-state index in [9.17, 15) is 4.79 Å².